The summed E-state index contributed by atoms with van der Waals surface area (Å²) < 4.78 is 29.4. The van der Waals surface area contributed by atoms with Gasteiger partial charge in [-0.3, -0.25) is 38.4 Å². The number of Topliss-reactive ketones (excluding diaryl/α,β-unsaturated/α-hetero) is 3. The largest absolute Gasteiger partial charge is 0.481 e. The van der Waals surface area contributed by atoms with E-state index in [9.17, 15) is 68.4 Å². The molecule has 11 N–H and O–H groups in total. The molecule has 5 aliphatic rings. The first-order chi connectivity index (χ1) is 46.9. The molecule has 1 saturated carbocycles. The first-order valence-corrected chi connectivity index (χ1v) is 34.1. The smallest absolute Gasteiger partial charge is 0.329 e. The molecule has 2 aromatic rings. The number of aliphatic hydroxyl groups is 3. The number of nitrogens with two attached hydrogens (primary N) is 1. The molecule has 0 radical (unpaired) electrons. The van der Waals surface area contributed by atoms with Gasteiger partial charge in [-0.15, -0.1) is 0 Å². The molecule has 3 fully saturated rings. The van der Waals surface area contributed by atoms with E-state index in [0.29, 0.717) is 87.8 Å². The van der Waals surface area contributed by atoms with Crippen LogP contribution < -0.4 is 32.1 Å². The number of cyclic esters (lactones) is 1. The van der Waals surface area contributed by atoms with Crippen LogP contribution in [-0.2, 0) is 62.0 Å². The number of carbonyl (C=O) groups is 9. The Morgan fingerprint density at radius 3 is 2.26 bits per heavy atom. The highest BCUT2D eigenvalue weighted by Crippen LogP contribution is 2.38. The fourth-order valence-electron chi connectivity index (χ4n) is 13.5. The van der Waals surface area contributed by atoms with E-state index in [1.807, 2.05) is 58.1 Å². The van der Waals surface area contributed by atoms with Crippen LogP contribution in [0.25, 0.3) is 0 Å². The van der Waals surface area contributed by atoms with Gasteiger partial charge in [-0.25, -0.2) is 9.59 Å². The van der Waals surface area contributed by atoms with Gasteiger partial charge in [0.15, 0.2) is 11.5 Å². The zero-order chi connectivity index (χ0) is 73.0. The Labute approximate surface area is 577 Å². The van der Waals surface area contributed by atoms with Gasteiger partial charge in [-0.1, -0.05) is 71.1 Å². The molecular weight excluding hydrogens is 1280 g/mol. The zero-order valence-corrected chi connectivity index (χ0v) is 58.4. The maximum atomic E-state index is 14.4. The van der Waals surface area contributed by atoms with E-state index in [1.165, 1.54) is 29.0 Å². The Kier molecular flexibility index (Phi) is 30.3. The number of hydrogen-bond acceptors (Lipinski definition) is 22. The first-order valence-electron chi connectivity index (χ1n) is 34.1. The van der Waals surface area contributed by atoms with Gasteiger partial charge in [-0.2, -0.15) is 4.98 Å². The Hall–Kier alpha value is -7.99. The van der Waals surface area contributed by atoms with Gasteiger partial charge in [0.05, 0.1) is 30.5 Å². The predicted octanol–water partition coefficient (Wildman–Crippen LogP) is 5.45. The number of carbonyl (C=O) groups excluding carboxylic acids is 7. The Morgan fingerprint density at radius 1 is 0.889 bits per heavy atom. The van der Waals surface area contributed by atoms with Crippen LogP contribution in [0.4, 0.5) is 23.1 Å². The summed E-state index contributed by atoms with van der Waals surface area (Å²) in [5.41, 5.74) is 7.01. The van der Waals surface area contributed by atoms with E-state index < -0.39 is 126 Å². The van der Waals surface area contributed by atoms with E-state index in [4.69, 9.17) is 34.5 Å². The lowest BCUT2D eigenvalue weighted by atomic mass is 9.78. The number of aromatic nitrogens is 2. The zero-order valence-electron chi connectivity index (χ0n) is 58.4. The number of aromatic amines is 1. The number of benzene rings is 1. The second kappa shape index (κ2) is 37.4. The highest BCUT2D eigenvalue weighted by atomic mass is 16.6. The lowest BCUT2D eigenvalue weighted by Crippen LogP contribution is -2.61. The lowest BCUT2D eigenvalue weighted by molar-refractivity contribution is -0.265. The summed E-state index contributed by atoms with van der Waals surface area (Å²) in [4.78, 5) is 137. The van der Waals surface area contributed by atoms with Crippen LogP contribution in [0.15, 0.2) is 76.7 Å². The van der Waals surface area contributed by atoms with Crippen LogP contribution in [0.2, 0.25) is 0 Å². The van der Waals surface area contributed by atoms with Gasteiger partial charge < -0.3 is 85.7 Å². The molecule has 28 heteroatoms. The fourth-order valence-corrected chi connectivity index (χ4v) is 13.5. The molecule has 28 nitrogen and oxygen atoms in total. The Bertz CT molecular complexity index is 3340. The van der Waals surface area contributed by atoms with Crippen molar-refractivity contribution in [3.05, 3.63) is 87.8 Å². The number of nitrogens with zero attached hydrogens (tertiary/aromatic N) is 3. The average molecular weight is 1390 g/mol. The number of piperidine rings is 1. The summed E-state index contributed by atoms with van der Waals surface area (Å²) in [6.07, 6.45) is 11.1. The van der Waals surface area contributed by atoms with Gasteiger partial charge in [-0.05, 0) is 138 Å². The number of aliphatic hydroxyl groups excluding tert-OH is 2. The molecule has 99 heavy (non-hydrogen) atoms. The Morgan fingerprint density at radius 2 is 1.61 bits per heavy atom. The number of allylic oxidation sites excluding steroid dienone is 6. The summed E-state index contributed by atoms with van der Waals surface area (Å²) in [6.45, 7) is 13.3. The third-order valence-corrected chi connectivity index (χ3v) is 19.6. The van der Waals surface area contributed by atoms with E-state index in [-0.39, 0.29) is 85.0 Å². The summed E-state index contributed by atoms with van der Waals surface area (Å²) in [6, 6.07) is 3.22. The molecule has 4 aliphatic heterocycles. The minimum Gasteiger partial charge on any atom is -0.481 e. The molecule has 1 aromatic carbocycles. The van der Waals surface area contributed by atoms with Crippen molar-refractivity contribution in [1.82, 2.24) is 20.2 Å². The SMILES string of the molecule is CO[C@H]1C[C@@H]2CC[C@@H](C)[C@@](O)(O2)C(=O)C(=O)N2CCCC[C@H]2C(=O)O[C@H]([C@@H](C)C[C@@H]2CC[C@@H](O)[C@H](OC)C2)CC(=O)[C@H](C)/C=C(\C)[C@@H](O)[C@@H](OC)C(=O)[C@H](C)C[C@H](C)/C=C/C=C/C=C/1C.Nc1nc(=O)c2c([nH]1)NC[C@@H](CNc1ccc(C(=O)N[C@H](CCC(=O)O)C(=O)O)cc1)N2C=O. The van der Waals surface area contributed by atoms with Gasteiger partial charge in [0.2, 0.25) is 18.1 Å². The molecular formula is C71H102N8O20. The normalized spacial score (nSPS) is 31.8. The molecule has 17 atom stereocenters. The van der Waals surface area contributed by atoms with Crippen LogP contribution in [0.1, 0.15) is 149 Å². The average Bonchev–Trinajstić information content (AvgIpc) is 0.790. The number of ether oxygens (including phenoxy) is 5. The highest BCUT2D eigenvalue weighted by molar-refractivity contribution is 6.39. The lowest BCUT2D eigenvalue weighted by Gasteiger charge is -2.42. The molecule has 2 bridgehead atoms. The summed E-state index contributed by atoms with van der Waals surface area (Å²) in [5, 5.41) is 60.1. The number of H-pyrrole nitrogens is 1. The van der Waals surface area contributed by atoms with Crippen molar-refractivity contribution in [3.63, 3.8) is 0 Å². The van der Waals surface area contributed by atoms with E-state index in [0.717, 1.165) is 12.0 Å². The second-order valence-electron chi connectivity index (χ2n) is 27.0. The van der Waals surface area contributed by atoms with Crippen LogP contribution >= 0.6 is 0 Å². The number of methoxy groups -OCH3 is 3. The van der Waals surface area contributed by atoms with Crippen molar-refractivity contribution in [1.29, 1.82) is 0 Å². The van der Waals surface area contributed by atoms with Crippen LogP contribution in [-0.4, -0.2) is 201 Å². The van der Waals surface area contributed by atoms with Crippen LogP contribution in [0, 0.1) is 35.5 Å². The number of aliphatic carboxylic acids is 2. The molecule has 5 heterocycles. The number of nitrogens with one attached hydrogen (secondary N) is 4. The number of hydrogen-bond donors (Lipinski definition) is 10. The van der Waals surface area contributed by atoms with Gasteiger partial charge >= 0.3 is 23.5 Å². The van der Waals surface area contributed by atoms with Crippen molar-refractivity contribution in [2.75, 3.05) is 62.2 Å². The standard InChI is InChI=1S/C51H79NO13.C20H23N7O7/c1-30-16-12-11-13-17-31(2)42(61-8)28-38-21-19-36(7)51(60,65-38)48(57)49(58)52-23-15-14-18-39(52)50(59)64-43(33(4)26-37-20-22-40(53)44(27-37)62-9)29-41(54)32(3)25-35(6)46(56)47(63-10)45(55)34(5)24-30;21-20-25-16-15(18(32)26-20)27(9-28)12(8-23-16)7-22-11-3-1-10(2-4-11)17(31)24-13(19(33)34)5-6-14(29)30/h11-13,16-17,25,30,32-34,36-40,42-44,46-47,53,56,60H,14-15,18-24,26-29H2,1-10H3;1-4,9,12-13,22H,5-8H2,(H,24,31)(H,29,30)(H,33,34)(H4,21,23,25,26,32)/b13-11+,16-12+,31-17+,35-25+;/t30-,32-,33+,34-,36-,37+,38+,39+,40-,42+,43+,44-,46-,47+,51-;12-,13-/m11/s1. The van der Waals surface area contributed by atoms with E-state index >= 15 is 0 Å². The molecule has 0 unspecified atom stereocenters. The minimum absolute atomic E-state index is 0.0193. The summed E-state index contributed by atoms with van der Waals surface area (Å²) in [5.74, 6) is -10.9. The number of carboxylic acid groups (broad SMARTS) is 2. The van der Waals surface area contributed by atoms with E-state index in [1.54, 1.807) is 53.2 Å². The summed E-state index contributed by atoms with van der Waals surface area (Å²) in [7, 11) is 4.52. The third-order valence-electron chi connectivity index (χ3n) is 19.6. The molecule has 1 aromatic heterocycles. The van der Waals surface area contributed by atoms with Crippen molar-refractivity contribution in [2.45, 2.75) is 205 Å². The van der Waals surface area contributed by atoms with Crippen LogP contribution in [0.3, 0.4) is 0 Å². The van der Waals surface area contributed by atoms with Gasteiger partial charge in [0.1, 0.15) is 42.0 Å². The maximum Gasteiger partial charge on any atom is 0.329 e. The number of esters is 1. The van der Waals surface area contributed by atoms with Crippen molar-refractivity contribution in [2.24, 2.45) is 35.5 Å². The van der Waals surface area contributed by atoms with Gasteiger partial charge in [0, 0.05) is 89.2 Å². The number of nitrogen functional groups attached to an aromatic ring is 1. The molecule has 0 spiro atoms. The number of ketones is 3. The van der Waals surface area contributed by atoms with E-state index in [2.05, 4.69) is 25.9 Å². The second-order valence-corrected chi connectivity index (χ2v) is 27.0. The van der Waals surface area contributed by atoms with Crippen molar-refractivity contribution < 1.29 is 92.4 Å². The predicted molar refractivity (Wildman–Crippen MR) is 366 cm³/mol. The molecule has 2 saturated heterocycles. The molecule has 1 aliphatic carbocycles. The first kappa shape index (κ1) is 80.0. The maximum absolute atomic E-state index is 14.4. The number of carboxylic acids is 2. The molecule has 546 valence electrons. The van der Waals surface area contributed by atoms with Crippen LogP contribution in [0.5, 0.6) is 0 Å². The summed E-state index contributed by atoms with van der Waals surface area (Å²) >= 11 is 0. The van der Waals surface area contributed by atoms with Gasteiger partial charge in [0.25, 0.3) is 17.6 Å². The van der Waals surface area contributed by atoms with Crippen molar-refractivity contribution in [3.8, 4) is 0 Å². The third kappa shape index (κ3) is 21.8. The number of rotatable bonds is 16. The fraction of sp³-hybridized carbons (Fsp3) is 0.620. The highest BCUT2D eigenvalue weighted by Gasteiger charge is 2.53. The topological polar surface area (TPSA) is 415 Å². The monoisotopic (exact) mass is 1390 g/mol. The van der Waals surface area contributed by atoms with Crippen molar-refractivity contribution >= 4 is 76.6 Å². The quantitative estimate of drug-likeness (QED) is 0.0432. The number of fused-ring (bicyclic) bond motifs is 4. The number of anilines is 4. The number of amides is 3. The Balaban J connectivity index is 0.000000379. The molecule has 7 rings (SSSR count). The molecule has 3 amide bonds. The minimum atomic E-state index is -2.43.